The molecule has 0 unspecified atom stereocenters. The standard InChI is InChI=1S/C22H24N4O5.ClH/c1-30-19(27)11-14-10-15(26-21(14)28)12-25-22(29)17-4-2-3-5-18(17)31-16-8-6-13(7-9-16)20(23)24;/h2-9,14-15H,10-12H2,1H3,(H3,23,24)(H,25,29)(H,26,28);1H/t14-,15-;/m0./s1. The highest BCUT2D eigenvalue weighted by molar-refractivity contribution is 5.97. The van der Waals surface area contributed by atoms with Crippen molar-refractivity contribution in [3.8, 4) is 11.5 Å². The Morgan fingerprint density at radius 3 is 2.53 bits per heavy atom. The van der Waals surface area contributed by atoms with Crippen molar-refractivity contribution < 1.29 is 23.9 Å². The first-order chi connectivity index (χ1) is 14.9. The third-order valence-corrected chi connectivity index (χ3v) is 4.96. The maximum Gasteiger partial charge on any atom is 0.306 e. The SMILES string of the molecule is COC(=O)C[C@@H]1C[C@@H](CNC(=O)c2ccccc2Oc2ccc(C(=N)N)cc2)NC1=O.Cl. The molecule has 0 aliphatic carbocycles. The maximum absolute atomic E-state index is 12.7. The van der Waals surface area contributed by atoms with Gasteiger partial charge in [-0.15, -0.1) is 12.4 Å². The second-order valence-corrected chi connectivity index (χ2v) is 7.16. The van der Waals surface area contributed by atoms with Crippen LogP contribution in [0.1, 0.15) is 28.8 Å². The molecule has 1 saturated heterocycles. The van der Waals surface area contributed by atoms with Crippen LogP contribution in [-0.2, 0) is 14.3 Å². The lowest BCUT2D eigenvalue weighted by molar-refractivity contribution is -0.143. The number of methoxy groups -OCH3 is 1. The fourth-order valence-corrected chi connectivity index (χ4v) is 3.31. The molecule has 1 aliphatic rings. The summed E-state index contributed by atoms with van der Waals surface area (Å²) < 4.78 is 10.4. The van der Waals surface area contributed by atoms with Gasteiger partial charge in [-0.25, -0.2) is 0 Å². The summed E-state index contributed by atoms with van der Waals surface area (Å²) in [6.45, 7) is 0.226. The van der Waals surface area contributed by atoms with Crippen molar-refractivity contribution in [3.05, 3.63) is 59.7 Å². The summed E-state index contributed by atoms with van der Waals surface area (Å²) in [4.78, 5) is 36.1. The van der Waals surface area contributed by atoms with E-state index in [9.17, 15) is 14.4 Å². The molecule has 1 aliphatic heterocycles. The Balaban J connectivity index is 0.00000363. The molecule has 9 nitrogen and oxygen atoms in total. The normalized spacial score (nSPS) is 17.0. The number of carbonyl (C=O) groups is 3. The van der Waals surface area contributed by atoms with Gasteiger partial charge in [0.2, 0.25) is 5.91 Å². The lowest BCUT2D eigenvalue weighted by atomic mass is 10.0. The molecule has 2 aromatic carbocycles. The Morgan fingerprint density at radius 2 is 1.88 bits per heavy atom. The molecule has 0 spiro atoms. The number of nitrogen functional groups attached to an aromatic ring is 1. The number of para-hydroxylation sites is 1. The Labute approximate surface area is 191 Å². The first kappa shape index (κ1) is 24.7. The summed E-state index contributed by atoms with van der Waals surface area (Å²) in [6.07, 6.45) is 0.459. The van der Waals surface area contributed by atoms with Crippen molar-refractivity contribution in [2.24, 2.45) is 11.7 Å². The van der Waals surface area contributed by atoms with Gasteiger partial charge in [-0.05, 0) is 42.8 Å². The molecule has 2 amide bonds. The molecular weight excluding hydrogens is 436 g/mol. The molecule has 170 valence electrons. The van der Waals surface area contributed by atoms with Crippen molar-refractivity contribution >= 4 is 36.0 Å². The van der Waals surface area contributed by atoms with Gasteiger partial charge in [-0.1, -0.05) is 12.1 Å². The van der Waals surface area contributed by atoms with Crippen molar-refractivity contribution in [2.75, 3.05) is 13.7 Å². The zero-order valence-corrected chi connectivity index (χ0v) is 18.2. The maximum atomic E-state index is 12.7. The number of hydrogen-bond donors (Lipinski definition) is 4. The first-order valence-corrected chi connectivity index (χ1v) is 9.74. The minimum atomic E-state index is -0.456. The zero-order valence-electron chi connectivity index (χ0n) is 17.4. The van der Waals surface area contributed by atoms with Gasteiger partial charge >= 0.3 is 5.97 Å². The number of rotatable bonds is 8. The summed E-state index contributed by atoms with van der Waals surface area (Å²) >= 11 is 0. The van der Waals surface area contributed by atoms with Crippen LogP contribution in [0.2, 0.25) is 0 Å². The van der Waals surface area contributed by atoms with Gasteiger partial charge < -0.3 is 25.8 Å². The molecule has 3 rings (SSSR count). The third-order valence-electron chi connectivity index (χ3n) is 4.96. The van der Waals surface area contributed by atoms with Gasteiger partial charge in [0.15, 0.2) is 0 Å². The largest absolute Gasteiger partial charge is 0.469 e. The fraction of sp³-hybridized carbons (Fsp3) is 0.273. The van der Waals surface area contributed by atoms with Crippen LogP contribution in [0.4, 0.5) is 0 Å². The smallest absolute Gasteiger partial charge is 0.306 e. The number of benzene rings is 2. The van der Waals surface area contributed by atoms with Crippen molar-refractivity contribution in [1.29, 1.82) is 5.41 Å². The zero-order chi connectivity index (χ0) is 22.4. The number of halogens is 1. The van der Waals surface area contributed by atoms with Gasteiger partial charge in [0, 0.05) is 18.2 Å². The van der Waals surface area contributed by atoms with Crippen LogP contribution < -0.4 is 21.1 Å². The van der Waals surface area contributed by atoms with E-state index >= 15 is 0 Å². The molecule has 2 aromatic rings. The van der Waals surface area contributed by atoms with E-state index in [-0.39, 0.29) is 49.1 Å². The molecule has 0 radical (unpaired) electrons. The van der Waals surface area contributed by atoms with E-state index in [0.717, 1.165) is 0 Å². The number of esters is 1. The molecular formula is C22H25ClN4O5. The van der Waals surface area contributed by atoms with E-state index < -0.39 is 11.9 Å². The Hall–Kier alpha value is -3.59. The van der Waals surface area contributed by atoms with Crippen LogP contribution in [0, 0.1) is 11.3 Å². The molecule has 0 saturated carbocycles. The lowest BCUT2D eigenvalue weighted by Gasteiger charge is -2.14. The summed E-state index contributed by atoms with van der Waals surface area (Å²) in [5.74, 6) is -0.632. The van der Waals surface area contributed by atoms with Crippen LogP contribution in [0.5, 0.6) is 11.5 Å². The third kappa shape index (κ3) is 6.21. The highest BCUT2D eigenvalue weighted by Crippen LogP contribution is 2.26. The second-order valence-electron chi connectivity index (χ2n) is 7.16. The number of carbonyl (C=O) groups excluding carboxylic acids is 3. The van der Waals surface area contributed by atoms with E-state index in [1.165, 1.54) is 7.11 Å². The average Bonchev–Trinajstić information content (AvgIpc) is 3.11. The molecule has 1 heterocycles. The number of hydrogen-bond acceptors (Lipinski definition) is 6. The predicted molar refractivity (Wildman–Crippen MR) is 120 cm³/mol. The van der Waals surface area contributed by atoms with E-state index in [1.807, 2.05) is 0 Å². The molecule has 0 aromatic heterocycles. The van der Waals surface area contributed by atoms with Crippen LogP contribution in [0.15, 0.2) is 48.5 Å². The van der Waals surface area contributed by atoms with E-state index in [4.69, 9.17) is 15.9 Å². The molecule has 0 bridgehead atoms. The van der Waals surface area contributed by atoms with Crippen LogP contribution >= 0.6 is 12.4 Å². The number of nitrogens with two attached hydrogens (primary N) is 1. The topological polar surface area (TPSA) is 144 Å². The molecule has 32 heavy (non-hydrogen) atoms. The van der Waals surface area contributed by atoms with Crippen LogP contribution in [0.25, 0.3) is 0 Å². The van der Waals surface area contributed by atoms with Crippen LogP contribution in [0.3, 0.4) is 0 Å². The second kappa shape index (κ2) is 11.1. The average molecular weight is 461 g/mol. The summed E-state index contributed by atoms with van der Waals surface area (Å²) in [7, 11) is 1.28. The highest BCUT2D eigenvalue weighted by Gasteiger charge is 2.33. The quantitative estimate of drug-likeness (QED) is 0.269. The van der Waals surface area contributed by atoms with Gasteiger partial charge in [-0.2, -0.15) is 0 Å². The molecule has 10 heteroatoms. The number of amides is 2. The molecule has 5 N–H and O–H groups in total. The van der Waals surface area contributed by atoms with E-state index in [1.54, 1.807) is 48.5 Å². The minimum Gasteiger partial charge on any atom is -0.469 e. The van der Waals surface area contributed by atoms with E-state index in [2.05, 4.69) is 15.4 Å². The van der Waals surface area contributed by atoms with Crippen molar-refractivity contribution in [3.63, 3.8) is 0 Å². The fourth-order valence-electron chi connectivity index (χ4n) is 3.31. The number of ether oxygens (including phenoxy) is 2. The lowest BCUT2D eigenvalue weighted by Crippen LogP contribution is -2.38. The van der Waals surface area contributed by atoms with Gasteiger partial charge in [0.25, 0.3) is 5.91 Å². The minimum absolute atomic E-state index is 0. The van der Waals surface area contributed by atoms with Gasteiger partial charge in [0.05, 0.1) is 25.0 Å². The van der Waals surface area contributed by atoms with Crippen molar-refractivity contribution in [2.45, 2.75) is 18.9 Å². The molecule has 2 atom stereocenters. The summed E-state index contributed by atoms with van der Waals surface area (Å²) in [6, 6.07) is 13.2. The van der Waals surface area contributed by atoms with Gasteiger partial charge in [-0.3, -0.25) is 19.8 Å². The predicted octanol–water partition coefficient (Wildman–Crippen LogP) is 1.98. The highest BCUT2D eigenvalue weighted by atomic mass is 35.5. The Kier molecular flexibility index (Phi) is 8.60. The Morgan fingerprint density at radius 1 is 1.19 bits per heavy atom. The number of nitrogens with one attached hydrogen (secondary N) is 3. The van der Waals surface area contributed by atoms with Gasteiger partial charge in [0.1, 0.15) is 17.3 Å². The summed E-state index contributed by atoms with van der Waals surface area (Å²) in [5, 5.41) is 13.0. The van der Waals surface area contributed by atoms with E-state index in [0.29, 0.717) is 29.0 Å². The number of amidine groups is 1. The van der Waals surface area contributed by atoms with Crippen LogP contribution in [-0.4, -0.2) is 43.3 Å². The molecule has 1 fully saturated rings. The summed E-state index contributed by atoms with van der Waals surface area (Å²) in [5.41, 5.74) is 6.37. The van der Waals surface area contributed by atoms with Crippen molar-refractivity contribution in [1.82, 2.24) is 10.6 Å². The Bertz CT molecular complexity index is 996. The monoisotopic (exact) mass is 460 g/mol. The first-order valence-electron chi connectivity index (χ1n) is 9.74.